The largest absolute Gasteiger partial charge is 0.477 e. The first-order valence-electron chi connectivity index (χ1n) is 6.16. The molecule has 6 nitrogen and oxygen atoms in total. The number of carboxylic acids is 1. The third-order valence-electron chi connectivity index (χ3n) is 3.62. The van der Waals surface area contributed by atoms with Gasteiger partial charge in [-0.2, -0.15) is 0 Å². The normalized spacial score (nSPS) is 12.7. The Balaban J connectivity index is 2.35. The van der Waals surface area contributed by atoms with Crippen LogP contribution in [0.15, 0.2) is 34.0 Å². The molecule has 0 unspecified atom stereocenters. The highest BCUT2D eigenvalue weighted by atomic mass is 16.4. The Bertz CT molecular complexity index is 845. The summed E-state index contributed by atoms with van der Waals surface area (Å²) < 4.78 is 3.20. The number of aromatic nitrogens is 2. The van der Waals surface area contributed by atoms with E-state index < -0.39 is 11.4 Å². The maximum absolute atomic E-state index is 11.9. The van der Waals surface area contributed by atoms with E-state index in [1.54, 1.807) is 17.7 Å². The number of hydrogen-bond acceptors (Lipinski definition) is 3. The van der Waals surface area contributed by atoms with Crippen LogP contribution in [0.3, 0.4) is 0 Å². The van der Waals surface area contributed by atoms with E-state index in [4.69, 9.17) is 5.11 Å². The number of aryl methyl sites for hydroxylation is 2. The number of fused-ring (bicyclic) bond motifs is 3. The zero-order valence-corrected chi connectivity index (χ0v) is 10.8. The van der Waals surface area contributed by atoms with Gasteiger partial charge in [0, 0.05) is 31.9 Å². The third-order valence-corrected chi connectivity index (χ3v) is 3.62. The van der Waals surface area contributed by atoms with Crippen LogP contribution in [0.1, 0.15) is 15.9 Å². The molecule has 3 heterocycles. The molecule has 1 N–H and O–H groups in total. The van der Waals surface area contributed by atoms with E-state index in [1.165, 1.54) is 22.9 Å². The number of nitrogens with zero attached hydrogens (tertiary/aromatic N) is 2. The first-order valence-corrected chi connectivity index (χ1v) is 6.16. The fraction of sp³-hybridized carbons (Fsp3) is 0.214. The molecule has 0 radical (unpaired) electrons. The molecule has 0 saturated heterocycles. The lowest BCUT2D eigenvalue weighted by Crippen LogP contribution is -2.27. The van der Waals surface area contributed by atoms with E-state index in [0.29, 0.717) is 24.4 Å². The van der Waals surface area contributed by atoms with Gasteiger partial charge in [0.25, 0.3) is 5.56 Å². The molecule has 0 spiro atoms. The van der Waals surface area contributed by atoms with E-state index in [-0.39, 0.29) is 11.1 Å². The van der Waals surface area contributed by atoms with Gasteiger partial charge in [-0.15, -0.1) is 0 Å². The van der Waals surface area contributed by atoms with Crippen molar-refractivity contribution in [1.29, 1.82) is 0 Å². The summed E-state index contributed by atoms with van der Waals surface area (Å²) in [5.74, 6) is -1.24. The minimum atomic E-state index is -1.24. The summed E-state index contributed by atoms with van der Waals surface area (Å²) in [4.78, 5) is 34.6. The summed E-state index contributed by atoms with van der Waals surface area (Å²) in [5, 5.41) is 8.99. The molecule has 0 atom stereocenters. The quantitative estimate of drug-likeness (QED) is 0.818. The van der Waals surface area contributed by atoms with Crippen LogP contribution in [0.5, 0.6) is 0 Å². The molecule has 1 aliphatic rings. The number of carboxylic acid groups (broad SMARTS) is 1. The second-order valence-electron chi connectivity index (χ2n) is 4.79. The molecule has 0 bridgehead atoms. The summed E-state index contributed by atoms with van der Waals surface area (Å²) in [7, 11) is 1.65. The van der Waals surface area contributed by atoms with Crippen LogP contribution in [0.2, 0.25) is 0 Å². The van der Waals surface area contributed by atoms with Gasteiger partial charge < -0.3 is 14.2 Å². The molecule has 1 aliphatic heterocycles. The van der Waals surface area contributed by atoms with Crippen LogP contribution in [-0.2, 0) is 20.0 Å². The molecule has 0 aromatic carbocycles. The van der Waals surface area contributed by atoms with Crippen LogP contribution in [-0.4, -0.2) is 20.2 Å². The van der Waals surface area contributed by atoms with Crippen LogP contribution in [0.25, 0.3) is 11.4 Å². The van der Waals surface area contributed by atoms with Gasteiger partial charge in [0.15, 0.2) is 5.43 Å². The third kappa shape index (κ3) is 1.69. The predicted molar refractivity (Wildman–Crippen MR) is 72.0 cm³/mol. The van der Waals surface area contributed by atoms with E-state index in [9.17, 15) is 14.4 Å². The molecule has 0 amide bonds. The lowest BCUT2D eigenvalue weighted by atomic mass is 10.0. The van der Waals surface area contributed by atoms with Crippen LogP contribution < -0.4 is 11.0 Å². The predicted octanol–water partition coefficient (Wildman–Crippen LogP) is 0.468. The molecule has 0 aliphatic carbocycles. The van der Waals surface area contributed by atoms with Crippen LogP contribution in [0, 0.1) is 0 Å². The maximum atomic E-state index is 11.9. The minimum absolute atomic E-state index is 0.160. The smallest absolute Gasteiger partial charge is 0.341 e. The summed E-state index contributed by atoms with van der Waals surface area (Å²) in [6.07, 6.45) is 2.04. The zero-order chi connectivity index (χ0) is 14.4. The van der Waals surface area contributed by atoms with Gasteiger partial charge in [-0.05, 0) is 12.0 Å². The molecule has 0 fully saturated rings. The lowest BCUT2D eigenvalue weighted by molar-refractivity contribution is 0.0694. The van der Waals surface area contributed by atoms with Crippen molar-refractivity contribution in [3.8, 4) is 11.4 Å². The van der Waals surface area contributed by atoms with Crippen molar-refractivity contribution >= 4 is 5.97 Å². The van der Waals surface area contributed by atoms with E-state index in [0.717, 1.165) is 5.56 Å². The van der Waals surface area contributed by atoms with Crippen molar-refractivity contribution in [1.82, 2.24) is 9.13 Å². The Morgan fingerprint density at radius 1 is 1.30 bits per heavy atom. The van der Waals surface area contributed by atoms with E-state index >= 15 is 0 Å². The first-order chi connectivity index (χ1) is 9.49. The summed E-state index contributed by atoms with van der Waals surface area (Å²) in [5.41, 5.74) is 1.28. The fourth-order valence-corrected chi connectivity index (χ4v) is 2.59. The topological polar surface area (TPSA) is 81.3 Å². The zero-order valence-electron chi connectivity index (χ0n) is 10.8. The Kier molecular flexibility index (Phi) is 2.60. The number of pyridine rings is 2. The highest BCUT2D eigenvalue weighted by Gasteiger charge is 2.21. The van der Waals surface area contributed by atoms with Crippen molar-refractivity contribution in [2.24, 2.45) is 7.05 Å². The monoisotopic (exact) mass is 272 g/mol. The van der Waals surface area contributed by atoms with Crippen LogP contribution >= 0.6 is 0 Å². The van der Waals surface area contributed by atoms with E-state index in [2.05, 4.69) is 0 Å². The van der Waals surface area contributed by atoms with Crippen molar-refractivity contribution < 1.29 is 9.90 Å². The number of rotatable bonds is 1. The molecule has 2 aromatic rings. The van der Waals surface area contributed by atoms with E-state index in [1.807, 2.05) is 0 Å². The first kappa shape index (κ1) is 12.4. The van der Waals surface area contributed by atoms with Gasteiger partial charge in [0.2, 0.25) is 0 Å². The molecule has 3 rings (SSSR count). The number of hydrogen-bond donors (Lipinski definition) is 1. The van der Waals surface area contributed by atoms with Gasteiger partial charge in [-0.3, -0.25) is 9.59 Å². The van der Waals surface area contributed by atoms with Crippen molar-refractivity contribution in [2.45, 2.75) is 13.0 Å². The molecule has 20 heavy (non-hydrogen) atoms. The lowest BCUT2D eigenvalue weighted by Gasteiger charge is -2.24. The van der Waals surface area contributed by atoms with Gasteiger partial charge in [0.05, 0.1) is 11.4 Å². The average Bonchev–Trinajstić information content (AvgIpc) is 2.41. The highest BCUT2D eigenvalue weighted by Crippen LogP contribution is 2.26. The number of aromatic carboxylic acids is 1. The maximum Gasteiger partial charge on any atom is 0.341 e. The molecular formula is C14H12N2O4. The Hall–Kier alpha value is -2.63. The second-order valence-corrected chi connectivity index (χ2v) is 4.79. The van der Waals surface area contributed by atoms with Crippen molar-refractivity contribution in [3.63, 3.8) is 0 Å². The Morgan fingerprint density at radius 2 is 2.05 bits per heavy atom. The summed E-state index contributed by atoms with van der Waals surface area (Å²) in [6, 6.07) is 4.55. The van der Waals surface area contributed by atoms with Crippen molar-refractivity contribution in [2.75, 3.05) is 0 Å². The standard InChI is InChI=1S/C14H12N2O4/c1-15-12(18)3-2-8-4-5-16-7-9(14(19)20)11(17)6-10(16)13(8)15/h2-3,6-7H,4-5H2,1H3,(H,19,20). The fourth-order valence-electron chi connectivity index (χ4n) is 2.59. The SMILES string of the molecule is Cn1c2c(ccc1=O)CCn1cc(C(=O)O)c(=O)cc1-2. The van der Waals surface area contributed by atoms with Gasteiger partial charge in [0.1, 0.15) is 5.56 Å². The van der Waals surface area contributed by atoms with Crippen molar-refractivity contribution in [3.05, 3.63) is 56.1 Å². The van der Waals surface area contributed by atoms with Gasteiger partial charge in [-0.25, -0.2) is 4.79 Å². The number of carbonyl (C=O) groups is 1. The second kappa shape index (κ2) is 4.19. The summed E-state index contributed by atoms with van der Waals surface area (Å²) >= 11 is 0. The Labute approximate surface area is 113 Å². The van der Waals surface area contributed by atoms with Gasteiger partial charge >= 0.3 is 5.97 Å². The molecule has 102 valence electrons. The average molecular weight is 272 g/mol. The molecule has 6 heteroatoms. The summed E-state index contributed by atoms with van der Waals surface area (Å²) in [6.45, 7) is 0.584. The van der Waals surface area contributed by atoms with Gasteiger partial charge in [-0.1, -0.05) is 6.07 Å². The Morgan fingerprint density at radius 3 is 2.75 bits per heavy atom. The molecule has 0 saturated carbocycles. The highest BCUT2D eigenvalue weighted by molar-refractivity contribution is 5.87. The van der Waals surface area contributed by atoms with Crippen LogP contribution in [0.4, 0.5) is 0 Å². The molecular weight excluding hydrogens is 260 g/mol. The molecule has 2 aromatic heterocycles. The minimum Gasteiger partial charge on any atom is -0.477 e.